The largest absolute Gasteiger partial charge is 0.691 e. The van der Waals surface area contributed by atoms with E-state index in [0.717, 1.165) is 24.8 Å². The molecule has 1 saturated heterocycles. The summed E-state index contributed by atoms with van der Waals surface area (Å²) in [6.07, 6.45) is -5.38. The van der Waals surface area contributed by atoms with E-state index in [9.17, 15) is 39.9 Å². The molecule has 5 rings (SSSR count). The lowest BCUT2D eigenvalue weighted by molar-refractivity contribution is -0.778. The summed E-state index contributed by atoms with van der Waals surface area (Å²) in [6.45, 7) is 9.17. The Kier molecular flexibility index (Phi) is 16.4. The van der Waals surface area contributed by atoms with E-state index in [-0.39, 0.29) is 80.7 Å². The lowest BCUT2D eigenvalue weighted by Crippen LogP contribution is -2.63. The van der Waals surface area contributed by atoms with Gasteiger partial charge in [-0.25, -0.2) is 0 Å². The highest BCUT2D eigenvalue weighted by atomic mass is 32.2. The number of hydrogen-bond donors (Lipinski definition) is 4. The summed E-state index contributed by atoms with van der Waals surface area (Å²) in [5.74, 6) is -4.04. The molecule has 0 aromatic rings. The van der Waals surface area contributed by atoms with Crippen molar-refractivity contribution in [1.82, 2.24) is 5.32 Å². The van der Waals surface area contributed by atoms with Gasteiger partial charge in [-0.3, -0.25) is 37.6 Å². The molecule has 13 atom stereocenters. The lowest BCUT2D eigenvalue weighted by atomic mass is 9.43. The van der Waals surface area contributed by atoms with E-state index in [4.69, 9.17) is 33.0 Å². The van der Waals surface area contributed by atoms with E-state index in [2.05, 4.69) is 37.6 Å². The molecule has 5 aliphatic rings. The zero-order valence-electron chi connectivity index (χ0n) is 31.9. The summed E-state index contributed by atoms with van der Waals surface area (Å²) >= 11 is 0.0880. The van der Waals surface area contributed by atoms with Crippen LogP contribution in [0.1, 0.15) is 85.0 Å². The third kappa shape index (κ3) is 10.4. The maximum atomic E-state index is 13.3. The van der Waals surface area contributed by atoms with Crippen LogP contribution in [-0.2, 0) is 65.2 Å². The van der Waals surface area contributed by atoms with Crippen molar-refractivity contribution in [3.05, 3.63) is 12.2 Å². The molecular formula is C35H52N2O18S2-2. The SMILES string of the molecule is C=C1C2CCC3C4(C)CC(OC5O[C@@H](COC(=O)CCC(=O)NCN)[C@@H](OSOO[O-])C(OSOO[O-])C5OC(=O)CC(C)C)CC(C(=O)O)C4CCC3(C2)[C@H]1O. The molecule has 4 aliphatic carbocycles. The van der Waals surface area contributed by atoms with Crippen LogP contribution in [0, 0.1) is 40.4 Å². The Morgan fingerprint density at radius 3 is 2.37 bits per heavy atom. The topological polar surface area (TPSA) is 285 Å². The van der Waals surface area contributed by atoms with Gasteiger partial charge in [-0.15, -0.1) is 8.67 Å². The minimum Gasteiger partial charge on any atom is -0.691 e. The minimum absolute atomic E-state index is 0.0386. The maximum Gasteiger partial charge on any atom is 0.306 e. The normalized spacial score (nSPS) is 37.3. The van der Waals surface area contributed by atoms with Gasteiger partial charge in [0.25, 0.3) is 0 Å². The van der Waals surface area contributed by atoms with Crippen LogP contribution in [0.3, 0.4) is 0 Å². The van der Waals surface area contributed by atoms with E-state index < -0.39 is 90.1 Å². The zero-order chi connectivity index (χ0) is 41.5. The van der Waals surface area contributed by atoms with Crippen LogP contribution >= 0.6 is 24.6 Å². The highest BCUT2D eigenvalue weighted by Crippen LogP contribution is 2.70. The number of fused-ring (bicyclic) bond motifs is 3. The predicted octanol–water partition coefficient (Wildman–Crippen LogP) is 0.998. The standard InChI is InChI=1S/C35H54N2O18S2/c1-17(2)11-27(40)49-30-29(51-57-55-53-45)28(50-56-54-52-44)23(15-46-26(39)8-7-25(38)37-16-36)48-33(30)47-20-12-21(32(42)43)22-9-10-35-13-19(18(3)31(35)41)5-6-24(35)34(22,4)14-20/h17,19-24,28-31,33,41,44-45H,3,5-16,36H2,1-2,4H3,(H,37,38)(H,42,43)/p-2/t19?,20?,21?,22?,23-,24?,28+,29?,30?,31-,33?,34?,35?/m0/s1. The number of amides is 1. The van der Waals surface area contributed by atoms with Gasteiger partial charge in [0.15, 0.2) is 37.0 Å². The van der Waals surface area contributed by atoms with Gasteiger partial charge in [-0.1, -0.05) is 27.4 Å². The Bertz CT molecular complexity index is 1430. The molecule has 1 aliphatic heterocycles. The van der Waals surface area contributed by atoms with Crippen molar-refractivity contribution in [3.63, 3.8) is 0 Å². The fraction of sp³-hybridized carbons (Fsp3) is 0.829. The number of aliphatic carboxylic acids is 1. The van der Waals surface area contributed by atoms with Gasteiger partial charge in [0, 0.05) is 18.3 Å². The number of esters is 2. The highest BCUT2D eigenvalue weighted by Gasteiger charge is 2.67. The summed E-state index contributed by atoms with van der Waals surface area (Å²) in [5, 5.41) is 52.8. The second kappa shape index (κ2) is 20.4. The van der Waals surface area contributed by atoms with Crippen LogP contribution in [0.5, 0.6) is 0 Å². The van der Waals surface area contributed by atoms with E-state index in [0.29, 0.717) is 19.3 Å². The average molecular weight is 853 g/mol. The fourth-order valence-corrected chi connectivity index (χ4v) is 11.1. The van der Waals surface area contributed by atoms with Crippen molar-refractivity contribution in [2.45, 2.75) is 128 Å². The van der Waals surface area contributed by atoms with Crippen LogP contribution < -0.4 is 21.6 Å². The number of aliphatic hydroxyl groups is 1. The second-order valence-corrected chi connectivity index (χ2v) is 17.1. The Morgan fingerprint density at radius 2 is 1.72 bits per heavy atom. The van der Waals surface area contributed by atoms with Gasteiger partial charge < -0.3 is 50.7 Å². The quantitative estimate of drug-likeness (QED) is 0.0194. The molecule has 1 heterocycles. The van der Waals surface area contributed by atoms with Crippen molar-refractivity contribution in [1.29, 1.82) is 0 Å². The van der Waals surface area contributed by atoms with Crippen LogP contribution in [0.15, 0.2) is 12.2 Å². The molecular weight excluding hydrogens is 801 g/mol. The second-order valence-electron chi connectivity index (χ2n) is 16.1. The van der Waals surface area contributed by atoms with Gasteiger partial charge in [0.2, 0.25) is 5.91 Å². The number of carboxylic acid groups (broad SMARTS) is 1. The fourth-order valence-electron chi connectivity index (χ4n) is 10.3. The molecule has 1 spiro atoms. The number of carbonyl (C=O) groups excluding carboxylic acids is 3. The molecule has 2 bridgehead atoms. The summed E-state index contributed by atoms with van der Waals surface area (Å²) in [5.41, 5.74) is 5.11. The van der Waals surface area contributed by atoms with Crippen LogP contribution in [-0.4, -0.2) is 90.2 Å². The minimum atomic E-state index is -1.54. The Morgan fingerprint density at radius 1 is 1.02 bits per heavy atom. The monoisotopic (exact) mass is 852 g/mol. The number of rotatable bonds is 20. The number of nitrogens with one attached hydrogen (secondary N) is 1. The van der Waals surface area contributed by atoms with Crippen molar-refractivity contribution < 1.29 is 86.0 Å². The lowest BCUT2D eigenvalue weighted by Gasteiger charge is -2.62. The maximum absolute atomic E-state index is 13.3. The smallest absolute Gasteiger partial charge is 0.306 e. The van der Waals surface area contributed by atoms with Crippen molar-refractivity contribution in [3.8, 4) is 0 Å². The number of hydrogen-bond acceptors (Lipinski definition) is 20. The van der Waals surface area contributed by atoms with Crippen LogP contribution in [0.2, 0.25) is 0 Å². The van der Waals surface area contributed by atoms with E-state index in [1.807, 2.05) is 0 Å². The van der Waals surface area contributed by atoms with Gasteiger partial charge in [-0.2, -0.15) is 0 Å². The van der Waals surface area contributed by atoms with Crippen molar-refractivity contribution in [2.75, 3.05) is 13.3 Å². The molecule has 5 N–H and O–H groups in total. The summed E-state index contributed by atoms with van der Waals surface area (Å²) in [6, 6.07) is 0. The molecule has 324 valence electrons. The van der Waals surface area contributed by atoms with E-state index in [1.165, 1.54) is 0 Å². The van der Waals surface area contributed by atoms with Gasteiger partial charge in [-0.05, 0) is 79.6 Å². The van der Waals surface area contributed by atoms with Crippen molar-refractivity contribution >= 4 is 48.5 Å². The number of aliphatic hydroxyl groups excluding tert-OH is 1. The molecule has 4 saturated carbocycles. The Hall–Kier alpha value is -2.16. The first-order valence-corrected chi connectivity index (χ1v) is 20.3. The molecule has 0 aromatic heterocycles. The zero-order valence-corrected chi connectivity index (χ0v) is 33.6. The van der Waals surface area contributed by atoms with Gasteiger partial charge >= 0.3 is 17.9 Å². The molecule has 57 heavy (non-hydrogen) atoms. The average Bonchev–Trinajstić information content (AvgIpc) is 3.33. The third-order valence-corrected chi connectivity index (χ3v) is 13.4. The Balaban J connectivity index is 1.47. The molecule has 0 aromatic carbocycles. The Labute approximate surface area is 338 Å². The molecule has 10 unspecified atom stereocenters. The van der Waals surface area contributed by atoms with Crippen molar-refractivity contribution in [2.24, 2.45) is 46.2 Å². The summed E-state index contributed by atoms with van der Waals surface area (Å²) in [4.78, 5) is 50.9. The van der Waals surface area contributed by atoms with Gasteiger partial charge in [0.05, 0.1) is 31.2 Å². The number of ether oxygens (including phenoxy) is 4. The first kappa shape index (κ1) is 45.9. The van der Waals surface area contributed by atoms with Crippen LogP contribution in [0.4, 0.5) is 0 Å². The molecule has 20 nitrogen and oxygen atoms in total. The van der Waals surface area contributed by atoms with E-state index in [1.54, 1.807) is 13.8 Å². The van der Waals surface area contributed by atoms with Crippen LogP contribution in [0.25, 0.3) is 0 Å². The summed E-state index contributed by atoms with van der Waals surface area (Å²) in [7, 11) is 0. The summed E-state index contributed by atoms with van der Waals surface area (Å²) < 4.78 is 44.3. The number of carbonyl (C=O) groups is 4. The van der Waals surface area contributed by atoms with E-state index >= 15 is 0 Å². The van der Waals surface area contributed by atoms with Gasteiger partial charge in [0.1, 0.15) is 24.9 Å². The molecule has 0 radical (unpaired) electrons. The predicted molar refractivity (Wildman–Crippen MR) is 189 cm³/mol. The number of nitrogens with two attached hydrogens (primary N) is 1. The molecule has 5 fully saturated rings. The highest BCUT2D eigenvalue weighted by molar-refractivity contribution is 7.90. The number of carboxylic acids is 1. The molecule has 1 amide bonds. The first-order valence-electron chi connectivity index (χ1n) is 19.0. The third-order valence-electron chi connectivity index (χ3n) is 12.5. The molecule has 22 heteroatoms. The first-order chi connectivity index (χ1) is 27.2.